The monoisotopic (exact) mass is 475 g/mol. The van der Waals surface area contributed by atoms with Crippen molar-refractivity contribution in [2.24, 2.45) is 0 Å². The summed E-state index contributed by atoms with van der Waals surface area (Å²) < 4.78 is 42.9. The lowest BCUT2D eigenvalue weighted by Gasteiger charge is -2.20. The van der Waals surface area contributed by atoms with Crippen molar-refractivity contribution in [3.05, 3.63) is 82.3 Å². The molecule has 0 aliphatic carbocycles. The number of carbonyl (C=O) groups is 2. The van der Waals surface area contributed by atoms with Crippen molar-refractivity contribution in [3.63, 3.8) is 0 Å². The molecule has 1 aliphatic rings. The van der Waals surface area contributed by atoms with Gasteiger partial charge in [0.1, 0.15) is 17.3 Å². The Morgan fingerprint density at radius 1 is 1.09 bits per heavy atom. The summed E-state index contributed by atoms with van der Waals surface area (Å²) >= 11 is 6.19. The van der Waals surface area contributed by atoms with Gasteiger partial charge in [0, 0.05) is 6.54 Å². The first kappa shape index (κ1) is 21.9. The number of anilines is 1. The summed E-state index contributed by atoms with van der Waals surface area (Å²) in [5, 5.41) is -0.000291. The molecule has 2 aromatic carbocycles. The zero-order chi connectivity index (χ0) is 22.9. The van der Waals surface area contributed by atoms with Crippen molar-refractivity contribution < 1.29 is 31.9 Å². The molecule has 166 valence electrons. The van der Waals surface area contributed by atoms with Crippen molar-refractivity contribution in [1.82, 2.24) is 0 Å². The number of furan rings is 1. The molecule has 2 heterocycles. The van der Waals surface area contributed by atoms with Gasteiger partial charge in [-0.05, 0) is 48.4 Å². The van der Waals surface area contributed by atoms with Gasteiger partial charge in [-0.2, -0.15) is 0 Å². The maximum Gasteiger partial charge on any atom is 0.373 e. The second-order valence-corrected chi connectivity index (χ2v) is 9.17. The third kappa shape index (κ3) is 4.09. The number of fused-ring (bicyclic) bond motifs is 1. The number of hydrogen-bond acceptors (Lipinski definition) is 7. The topological polar surface area (TPSA) is 103 Å². The van der Waals surface area contributed by atoms with Crippen LogP contribution in [-0.4, -0.2) is 34.0 Å². The summed E-state index contributed by atoms with van der Waals surface area (Å²) in [6.07, 6.45) is 0.589. The van der Waals surface area contributed by atoms with Crippen LogP contribution in [0, 0.1) is 0 Å². The van der Waals surface area contributed by atoms with E-state index in [1.54, 1.807) is 12.1 Å². The first-order chi connectivity index (χ1) is 15.3. The number of para-hydroxylation sites is 1. The molecule has 4 rings (SSSR count). The van der Waals surface area contributed by atoms with Crippen LogP contribution in [0.25, 0.3) is 0 Å². The van der Waals surface area contributed by atoms with Crippen molar-refractivity contribution >= 4 is 39.3 Å². The average molecular weight is 476 g/mol. The average Bonchev–Trinajstić information content (AvgIpc) is 3.44. The fourth-order valence-electron chi connectivity index (χ4n) is 3.39. The molecule has 0 fully saturated rings. The largest absolute Gasteiger partial charge is 0.463 e. The van der Waals surface area contributed by atoms with Crippen LogP contribution in [0.2, 0.25) is 5.02 Å². The highest BCUT2D eigenvalue weighted by molar-refractivity contribution is 7.93. The summed E-state index contributed by atoms with van der Waals surface area (Å²) in [4.78, 5) is 23.8. The molecule has 0 unspecified atom stereocenters. The normalized spacial score (nSPS) is 13.0. The first-order valence-electron chi connectivity index (χ1n) is 9.55. The van der Waals surface area contributed by atoms with Gasteiger partial charge in [-0.1, -0.05) is 29.8 Å². The summed E-state index contributed by atoms with van der Waals surface area (Å²) in [6, 6.07) is 14.0. The van der Waals surface area contributed by atoms with Gasteiger partial charge in [0.05, 0.1) is 23.4 Å². The highest BCUT2D eigenvalue weighted by atomic mass is 35.5. The van der Waals surface area contributed by atoms with Crippen molar-refractivity contribution in [2.75, 3.05) is 18.0 Å². The van der Waals surface area contributed by atoms with Gasteiger partial charge in [-0.25, -0.2) is 18.0 Å². The number of hydrogen-bond donors (Lipinski definition) is 0. The van der Waals surface area contributed by atoms with Crippen LogP contribution < -0.4 is 4.31 Å². The highest BCUT2D eigenvalue weighted by Gasteiger charge is 2.32. The third-order valence-corrected chi connectivity index (χ3v) is 7.27. The predicted molar refractivity (Wildman–Crippen MR) is 115 cm³/mol. The van der Waals surface area contributed by atoms with Crippen LogP contribution in [0.4, 0.5) is 5.69 Å². The minimum absolute atomic E-state index is 0.000291. The maximum atomic E-state index is 13.3. The van der Waals surface area contributed by atoms with E-state index in [0.29, 0.717) is 12.1 Å². The molecule has 32 heavy (non-hydrogen) atoms. The third-order valence-electron chi connectivity index (χ3n) is 4.97. The quantitative estimate of drug-likeness (QED) is 0.499. The number of esters is 2. The first-order valence-corrected chi connectivity index (χ1v) is 11.4. The Bertz CT molecular complexity index is 1300. The number of nitrogens with zero attached hydrogens (tertiary/aromatic N) is 1. The Labute approximate surface area is 189 Å². The van der Waals surface area contributed by atoms with Crippen LogP contribution in [0.1, 0.15) is 32.2 Å². The molecule has 0 saturated carbocycles. The Balaban J connectivity index is 1.54. The molecular formula is C22H18ClNO7S. The molecule has 0 saturated heterocycles. The van der Waals surface area contributed by atoms with E-state index in [0.717, 1.165) is 5.56 Å². The molecule has 1 aliphatic heterocycles. The minimum Gasteiger partial charge on any atom is -0.463 e. The number of methoxy groups -OCH3 is 1. The summed E-state index contributed by atoms with van der Waals surface area (Å²) in [5.74, 6) is -1.21. The van der Waals surface area contributed by atoms with E-state index in [1.807, 2.05) is 12.1 Å². The second kappa shape index (κ2) is 8.68. The van der Waals surface area contributed by atoms with Crippen LogP contribution in [0.3, 0.4) is 0 Å². The number of benzene rings is 2. The maximum absolute atomic E-state index is 13.3. The van der Waals surface area contributed by atoms with Gasteiger partial charge in [-0.15, -0.1) is 0 Å². The Morgan fingerprint density at radius 2 is 1.88 bits per heavy atom. The van der Waals surface area contributed by atoms with E-state index in [-0.39, 0.29) is 40.2 Å². The molecule has 0 N–H and O–H groups in total. The standard InChI is InChI=1S/C22H18ClNO7S/c1-29-22(26)19-9-7-16(31-19)13-30-21(25)15-6-8-17(23)20(12-15)32(27,28)24-11-10-14-4-2-3-5-18(14)24/h2-9,12H,10-11,13H2,1H3. The Hall–Kier alpha value is -3.30. The lowest BCUT2D eigenvalue weighted by molar-refractivity contribution is 0.0438. The summed E-state index contributed by atoms with van der Waals surface area (Å²) in [7, 11) is -2.77. The van der Waals surface area contributed by atoms with Gasteiger partial charge >= 0.3 is 11.9 Å². The van der Waals surface area contributed by atoms with Crippen molar-refractivity contribution in [3.8, 4) is 0 Å². The van der Waals surface area contributed by atoms with Crippen LogP contribution in [0.5, 0.6) is 0 Å². The van der Waals surface area contributed by atoms with Crippen LogP contribution in [-0.2, 0) is 32.5 Å². The molecular weight excluding hydrogens is 458 g/mol. The lowest BCUT2D eigenvalue weighted by atomic mass is 10.2. The number of sulfonamides is 1. The predicted octanol–water partition coefficient (Wildman–Crippen LogP) is 3.83. The van der Waals surface area contributed by atoms with Gasteiger partial charge in [0.15, 0.2) is 0 Å². The molecule has 0 bridgehead atoms. The lowest BCUT2D eigenvalue weighted by Crippen LogP contribution is -2.29. The van der Waals surface area contributed by atoms with Gasteiger partial charge in [0.2, 0.25) is 5.76 Å². The molecule has 0 radical (unpaired) electrons. The van der Waals surface area contributed by atoms with Crippen LogP contribution in [0.15, 0.2) is 63.9 Å². The van der Waals surface area contributed by atoms with Crippen molar-refractivity contribution in [1.29, 1.82) is 0 Å². The van der Waals surface area contributed by atoms with E-state index in [9.17, 15) is 18.0 Å². The molecule has 8 nitrogen and oxygen atoms in total. The van der Waals surface area contributed by atoms with E-state index < -0.39 is 22.0 Å². The van der Waals surface area contributed by atoms with E-state index in [1.165, 1.54) is 41.7 Å². The van der Waals surface area contributed by atoms with Gasteiger partial charge < -0.3 is 13.9 Å². The number of halogens is 1. The van der Waals surface area contributed by atoms with Crippen LogP contribution >= 0.6 is 11.6 Å². The SMILES string of the molecule is COC(=O)c1ccc(COC(=O)c2ccc(Cl)c(S(=O)(=O)N3CCc4ccccc43)c2)o1. The molecule has 0 spiro atoms. The zero-order valence-electron chi connectivity index (χ0n) is 16.9. The summed E-state index contributed by atoms with van der Waals surface area (Å²) in [5.41, 5.74) is 1.53. The number of carbonyl (C=O) groups excluding carboxylic acids is 2. The molecule has 0 amide bonds. The molecule has 3 aromatic rings. The number of ether oxygens (including phenoxy) is 2. The zero-order valence-corrected chi connectivity index (χ0v) is 18.5. The van der Waals surface area contributed by atoms with Crippen molar-refractivity contribution in [2.45, 2.75) is 17.9 Å². The Morgan fingerprint density at radius 3 is 2.66 bits per heavy atom. The highest BCUT2D eigenvalue weighted by Crippen LogP contribution is 2.35. The number of rotatable bonds is 6. The second-order valence-electron chi connectivity index (χ2n) is 6.93. The summed E-state index contributed by atoms with van der Waals surface area (Å²) in [6.45, 7) is 0.0355. The molecule has 1 aromatic heterocycles. The molecule has 10 heteroatoms. The fourth-order valence-corrected chi connectivity index (χ4v) is 5.40. The minimum atomic E-state index is -3.99. The fraction of sp³-hybridized carbons (Fsp3) is 0.182. The van der Waals surface area contributed by atoms with Gasteiger partial charge in [-0.3, -0.25) is 4.31 Å². The van der Waals surface area contributed by atoms with E-state index in [2.05, 4.69) is 4.74 Å². The van der Waals surface area contributed by atoms with E-state index in [4.69, 9.17) is 20.8 Å². The van der Waals surface area contributed by atoms with E-state index >= 15 is 0 Å². The smallest absolute Gasteiger partial charge is 0.373 e. The van der Waals surface area contributed by atoms with Gasteiger partial charge in [0.25, 0.3) is 10.0 Å². The molecule has 0 atom stereocenters. The Kier molecular flexibility index (Phi) is 5.94.